The van der Waals surface area contributed by atoms with Gasteiger partial charge in [-0.25, -0.2) is 0 Å². The van der Waals surface area contributed by atoms with E-state index >= 15 is 0 Å². The molecule has 2 heterocycles. The minimum Gasteiger partial charge on any atom is -1.00 e. The first-order valence-corrected chi connectivity index (χ1v) is 12.6. The van der Waals surface area contributed by atoms with Crippen LogP contribution in [0.4, 0.5) is 0 Å². The fourth-order valence-corrected chi connectivity index (χ4v) is 5.68. The minimum atomic E-state index is 0. The molecule has 0 saturated carbocycles. The van der Waals surface area contributed by atoms with Gasteiger partial charge in [-0.3, -0.25) is 0 Å². The maximum Gasteiger partial charge on any atom is 0.225 e. The van der Waals surface area contributed by atoms with Crippen LogP contribution in [0.15, 0.2) is 11.0 Å². The molecule has 0 saturated heterocycles. The first-order chi connectivity index (χ1) is 13.7. The van der Waals surface area contributed by atoms with Gasteiger partial charge < -0.3 is 58.2 Å². The summed E-state index contributed by atoms with van der Waals surface area (Å²) < 4.78 is 4.71. The highest BCUT2D eigenvalue weighted by atomic mass is 127. The molecule has 30 heavy (non-hydrogen) atoms. The van der Waals surface area contributed by atoms with Gasteiger partial charge in [0.1, 0.15) is 13.1 Å². The zero-order valence-corrected chi connectivity index (χ0v) is 24.4. The summed E-state index contributed by atoms with van der Waals surface area (Å²) in [6.07, 6.45) is 12.1. The van der Waals surface area contributed by atoms with Crippen molar-refractivity contribution in [3.63, 3.8) is 0 Å². The van der Waals surface area contributed by atoms with E-state index in [0.29, 0.717) is 0 Å². The predicted octanol–water partition coefficient (Wildman–Crippen LogP) is -2.10. The molecule has 0 amide bonds. The molecule has 0 aliphatic carbocycles. The Balaban J connectivity index is 0.00000420. The van der Waals surface area contributed by atoms with E-state index in [1.807, 2.05) is 0 Å². The van der Waals surface area contributed by atoms with Crippen LogP contribution in [0, 0.1) is 13.8 Å². The Hall–Kier alpha value is 0.640. The second-order valence-corrected chi connectivity index (χ2v) is 9.50. The van der Waals surface area contributed by atoms with Crippen molar-refractivity contribution in [3.8, 4) is 0 Å². The van der Waals surface area contributed by atoms with Gasteiger partial charge in [-0.15, -0.1) is 0 Å². The Labute approximate surface area is 224 Å². The van der Waals surface area contributed by atoms with E-state index in [1.54, 1.807) is 22.7 Å². The van der Waals surface area contributed by atoms with E-state index in [1.165, 1.54) is 72.5 Å². The molecule has 2 N–H and O–H groups in total. The van der Waals surface area contributed by atoms with Crippen molar-refractivity contribution in [2.45, 2.75) is 91.1 Å². The van der Waals surface area contributed by atoms with Gasteiger partial charge in [0.25, 0.3) is 0 Å². The average Bonchev–Trinajstić information content (AvgIpc) is 3.21. The summed E-state index contributed by atoms with van der Waals surface area (Å²) in [4.78, 5) is 2.64. The second-order valence-electron chi connectivity index (χ2n) is 7.63. The maximum atomic E-state index is 9.08. The van der Waals surface area contributed by atoms with Crippen LogP contribution >= 0.6 is 22.7 Å². The normalized spacial score (nSPS) is 10.7. The van der Waals surface area contributed by atoms with Crippen molar-refractivity contribution in [2.24, 2.45) is 0 Å². The van der Waals surface area contributed by atoms with Crippen molar-refractivity contribution in [2.75, 3.05) is 13.2 Å². The van der Waals surface area contributed by atoms with Crippen molar-refractivity contribution in [3.05, 3.63) is 32.2 Å². The van der Waals surface area contributed by atoms with Crippen LogP contribution in [0.3, 0.4) is 0 Å². The molecule has 2 rings (SSSR count). The fraction of sp³-hybridized carbons (Fsp3) is 0.727. The molecular weight excluding hydrogens is 642 g/mol. The third-order valence-corrected chi connectivity index (χ3v) is 7.83. The molecule has 0 spiro atoms. The number of hydrogen-bond acceptors (Lipinski definition) is 4. The Kier molecular flexibility index (Phi) is 18.5. The highest BCUT2D eigenvalue weighted by molar-refractivity contribution is 7.09. The number of aliphatic hydroxyl groups is 2. The standard InChI is InChI=1S/C22H38N2O2S2.2HI/c1-19-21(11-15-25)27-17-23(19)13-9-7-5-3-4-6-8-10-14-24-18-28-22(12-16-26)20(24)2;;/h17-18,25-26H,3-16H2,1-2H3;2*1H/q+2;;/p-2. The van der Waals surface area contributed by atoms with Crippen molar-refractivity contribution >= 4 is 22.7 Å². The van der Waals surface area contributed by atoms with Crippen molar-refractivity contribution < 1.29 is 67.3 Å². The molecule has 0 unspecified atom stereocenters. The van der Waals surface area contributed by atoms with Crippen LogP contribution in [0.1, 0.15) is 72.5 Å². The van der Waals surface area contributed by atoms with Gasteiger partial charge in [-0.05, 0) is 12.8 Å². The number of aliphatic hydroxyl groups excluding tert-OH is 2. The summed E-state index contributed by atoms with van der Waals surface area (Å²) in [6.45, 7) is 7.07. The number of halogens is 2. The van der Waals surface area contributed by atoms with E-state index in [4.69, 9.17) is 10.2 Å². The highest BCUT2D eigenvalue weighted by Crippen LogP contribution is 2.14. The molecule has 0 fully saturated rings. The topological polar surface area (TPSA) is 48.2 Å². The Morgan fingerprint density at radius 2 is 0.967 bits per heavy atom. The summed E-state index contributed by atoms with van der Waals surface area (Å²) in [6, 6.07) is 0. The van der Waals surface area contributed by atoms with E-state index < -0.39 is 0 Å². The smallest absolute Gasteiger partial charge is 0.225 e. The van der Waals surface area contributed by atoms with Crippen LogP contribution in [0.25, 0.3) is 0 Å². The van der Waals surface area contributed by atoms with E-state index in [2.05, 4.69) is 34.0 Å². The minimum absolute atomic E-state index is 0. The predicted molar refractivity (Wildman–Crippen MR) is 117 cm³/mol. The lowest BCUT2D eigenvalue weighted by atomic mass is 10.1. The Morgan fingerprint density at radius 3 is 1.30 bits per heavy atom. The Morgan fingerprint density at radius 1 is 0.633 bits per heavy atom. The third kappa shape index (κ3) is 10.5. The molecule has 0 bridgehead atoms. The van der Waals surface area contributed by atoms with E-state index in [-0.39, 0.29) is 61.2 Å². The van der Waals surface area contributed by atoms with Gasteiger partial charge in [-0.1, -0.05) is 48.4 Å². The van der Waals surface area contributed by atoms with Crippen LogP contribution in [0.2, 0.25) is 0 Å². The van der Waals surface area contributed by atoms with E-state index in [0.717, 1.165) is 25.9 Å². The average molecular weight is 681 g/mol. The largest absolute Gasteiger partial charge is 1.00 e. The highest BCUT2D eigenvalue weighted by Gasteiger charge is 2.15. The molecule has 0 aliphatic rings. The zero-order chi connectivity index (χ0) is 20.2. The molecule has 0 atom stereocenters. The second kappa shape index (κ2) is 18.1. The number of aryl methyl sites for hydroxylation is 2. The lowest BCUT2D eigenvalue weighted by Gasteiger charge is -2.01. The van der Waals surface area contributed by atoms with E-state index in [9.17, 15) is 0 Å². The monoisotopic (exact) mass is 680 g/mol. The number of unbranched alkanes of at least 4 members (excludes halogenated alkanes) is 7. The quantitative estimate of drug-likeness (QED) is 0.129. The molecular formula is C22H38I2N2O2S2. The van der Waals surface area contributed by atoms with Gasteiger partial charge >= 0.3 is 0 Å². The first kappa shape index (κ1) is 30.6. The number of thiazole rings is 2. The van der Waals surface area contributed by atoms with Crippen LogP contribution < -0.4 is 57.1 Å². The van der Waals surface area contributed by atoms with Crippen LogP contribution in [0.5, 0.6) is 0 Å². The lowest BCUT2D eigenvalue weighted by molar-refractivity contribution is -0.698. The van der Waals surface area contributed by atoms with Gasteiger partial charge in [0.05, 0.1) is 9.75 Å². The zero-order valence-electron chi connectivity index (χ0n) is 18.4. The van der Waals surface area contributed by atoms with Crippen molar-refractivity contribution in [1.29, 1.82) is 0 Å². The third-order valence-electron chi connectivity index (χ3n) is 5.54. The number of nitrogens with zero attached hydrogens (tertiary/aromatic N) is 2. The molecule has 0 aromatic carbocycles. The number of hydrogen-bond donors (Lipinski definition) is 2. The Bertz CT molecular complexity index is 634. The summed E-state index contributed by atoms with van der Waals surface area (Å²) in [5.74, 6) is 0. The SMILES string of the molecule is Cc1c(CCO)sc[n+]1CCCCCCCCCC[n+]1csc(CCO)c1C.[I-].[I-]. The van der Waals surface area contributed by atoms with Gasteiger partial charge in [0.15, 0.2) is 11.4 Å². The lowest BCUT2D eigenvalue weighted by Crippen LogP contribution is -3.00. The van der Waals surface area contributed by atoms with Crippen molar-refractivity contribution in [1.82, 2.24) is 0 Å². The number of rotatable bonds is 15. The van der Waals surface area contributed by atoms with Gasteiger partial charge in [-0.2, -0.15) is 9.13 Å². The molecule has 2 aromatic rings. The van der Waals surface area contributed by atoms with Gasteiger partial charge in [0, 0.05) is 52.7 Å². The number of aromatic nitrogens is 2. The van der Waals surface area contributed by atoms with Gasteiger partial charge in [0.2, 0.25) is 11.0 Å². The first-order valence-electron chi connectivity index (χ1n) is 10.8. The molecule has 4 nitrogen and oxygen atoms in total. The molecule has 0 radical (unpaired) electrons. The molecule has 0 aliphatic heterocycles. The maximum absolute atomic E-state index is 9.08. The molecule has 8 heteroatoms. The fourth-order valence-electron chi connectivity index (χ4n) is 3.65. The molecule has 2 aromatic heterocycles. The van der Waals surface area contributed by atoms with Crippen LogP contribution in [-0.2, 0) is 25.9 Å². The molecule has 174 valence electrons. The summed E-state index contributed by atoms with van der Waals surface area (Å²) in [5.41, 5.74) is 7.09. The van der Waals surface area contributed by atoms with Crippen LogP contribution in [-0.4, -0.2) is 23.4 Å². The summed E-state index contributed by atoms with van der Waals surface area (Å²) in [7, 11) is 0. The summed E-state index contributed by atoms with van der Waals surface area (Å²) in [5, 5.41) is 18.2. The summed E-state index contributed by atoms with van der Waals surface area (Å²) >= 11 is 3.55.